The van der Waals surface area contributed by atoms with Gasteiger partial charge in [-0.05, 0) is 35.1 Å². The van der Waals surface area contributed by atoms with Crippen LogP contribution in [0.1, 0.15) is 24.0 Å². The normalized spacial score (nSPS) is 19.9. The molecule has 1 saturated carbocycles. The number of nitrogens with zero attached hydrogens (tertiary/aromatic N) is 1. The maximum atomic E-state index is 12.5. The first-order chi connectivity index (χ1) is 13.6. The molecular formula is C22H23N3O2S. The van der Waals surface area contributed by atoms with Gasteiger partial charge < -0.3 is 10.6 Å². The molecule has 2 unspecified atom stereocenters. The highest BCUT2D eigenvalue weighted by atomic mass is 32.2. The highest BCUT2D eigenvalue weighted by Gasteiger charge is 2.31. The Morgan fingerprint density at radius 3 is 2.54 bits per heavy atom. The quantitative estimate of drug-likeness (QED) is 0.660. The van der Waals surface area contributed by atoms with Gasteiger partial charge in [0.15, 0.2) is 5.25 Å². The average molecular weight is 394 g/mol. The Balaban J connectivity index is 1.39. The molecule has 1 heterocycles. The zero-order valence-electron chi connectivity index (χ0n) is 15.5. The molecule has 5 nitrogen and oxygen atoms in total. The van der Waals surface area contributed by atoms with Gasteiger partial charge in [0.25, 0.3) is 0 Å². The molecule has 144 valence electrons. The standard InChI is InChI=1S/C22H23N3O2S/c23-11-20(22(27)24-12-21(26)25-19-8-9-19)28-13-17-7-6-16(10-18(17)14-28)15-4-2-1-3-5-15/h1-7,10,19-20,28H,8-9,12-14H2,(H,24,27)(H,25,26). The monoisotopic (exact) mass is 393 g/mol. The summed E-state index contributed by atoms with van der Waals surface area (Å²) < 4.78 is 0. The van der Waals surface area contributed by atoms with Gasteiger partial charge in [-0.3, -0.25) is 9.59 Å². The summed E-state index contributed by atoms with van der Waals surface area (Å²) in [4.78, 5) is 24.3. The van der Waals surface area contributed by atoms with Crippen LogP contribution in [0.15, 0.2) is 48.5 Å². The molecule has 1 aliphatic heterocycles. The van der Waals surface area contributed by atoms with Crippen LogP contribution in [-0.4, -0.2) is 29.7 Å². The lowest BCUT2D eigenvalue weighted by molar-refractivity contribution is -0.125. The smallest absolute Gasteiger partial charge is 0.246 e. The molecule has 2 N–H and O–H groups in total. The Kier molecular flexibility index (Phi) is 5.36. The number of hydrogen-bond donors (Lipinski definition) is 3. The van der Waals surface area contributed by atoms with E-state index in [1.54, 1.807) is 0 Å². The minimum Gasteiger partial charge on any atom is -0.352 e. The van der Waals surface area contributed by atoms with Gasteiger partial charge in [0.1, 0.15) is 0 Å². The summed E-state index contributed by atoms with van der Waals surface area (Å²) >= 11 is 0. The molecule has 0 radical (unpaired) electrons. The van der Waals surface area contributed by atoms with Gasteiger partial charge in [0.05, 0.1) is 12.6 Å². The number of hydrogen-bond acceptors (Lipinski definition) is 3. The predicted molar refractivity (Wildman–Crippen MR) is 112 cm³/mol. The van der Waals surface area contributed by atoms with E-state index in [0.29, 0.717) is 0 Å². The van der Waals surface area contributed by atoms with Crippen molar-refractivity contribution in [3.05, 3.63) is 59.7 Å². The van der Waals surface area contributed by atoms with Gasteiger partial charge in [-0.2, -0.15) is 5.26 Å². The minimum absolute atomic E-state index is 0.0538. The van der Waals surface area contributed by atoms with Crippen LogP contribution >= 0.6 is 10.9 Å². The highest BCUT2D eigenvalue weighted by Crippen LogP contribution is 2.47. The van der Waals surface area contributed by atoms with Gasteiger partial charge in [-0.15, -0.1) is 0 Å². The van der Waals surface area contributed by atoms with Crippen molar-refractivity contribution in [2.45, 2.75) is 35.6 Å². The first-order valence-corrected chi connectivity index (χ1v) is 11.3. The highest BCUT2D eigenvalue weighted by molar-refractivity contribution is 8.17. The Hall–Kier alpha value is -2.78. The molecule has 4 rings (SSSR count). The van der Waals surface area contributed by atoms with Crippen molar-refractivity contribution < 1.29 is 9.59 Å². The van der Waals surface area contributed by atoms with Crippen molar-refractivity contribution in [2.24, 2.45) is 0 Å². The maximum Gasteiger partial charge on any atom is 0.246 e. The summed E-state index contributed by atoms with van der Waals surface area (Å²) in [5.41, 5.74) is 4.78. The number of benzene rings is 2. The number of carbonyl (C=O) groups is 2. The van der Waals surface area contributed by atoms with Crippen molar-refractivity contribution in [2.75, 3.05) is 6.54 Å². The zero-order valence-corrected chi connectivity index (χ0v) is 16.4. The molecule has 1 aliphatic carbocycles. The van der Waals surface area contributed by atoms with Crippen molar-refractivity contribution in [3.8, 4) is 17.2 Å². The van der Waals surface area contributed by atoms with Crippen LogP contribution in [0, 0.1) is 11.3 Å². The number of nitriles is 1. The minimum atomic E-state index is -0.796. The van der Waals surface area contributed by atoms with Crippen LogP contribution in [0.2, 0.25) is 0 Å². The first kappa shape index (κ1) is 18.6. The fourth-order valence-corrected chi connectivity index (χ4v) is 6.03. The third-order valence-electron chi connectivity index (χ3n) is 5.16. The molecule has 6 heteroatoms. The molecule has 1 fully saturated rings. The number of nitrogens with one attached hydrogen (secondary N) is 2. The van der Waals surface area contributed by atoms with Crippen molar-refractivity contribution in [1.29, 1.82) is 5.26 Å². The van der Waals surface area contributed by atoms with Gasteiger partial charge in [0, 0.05) is 17.5 Å². The maximum absolute atomic E-state index is 12.5. The number of rotatable bonds is 6. The number of carbonyl (C=O) groups excluding carboxylic acids is 2. The molecule has 0 aromatic heterocycles. The Morgan fingerprint density at radius 2 is 1.82 bits per heavy atom. The van der Waals surface area contributed by atoms with E-state index < -0.39 is 16.1 Å². The Morgan fingerprint density at radius 1 is 1.07 bits per heavy atom. The average Bonchev–Trinajstić information content (AvgIpc) is 3.43. The van der Waals surface area contributed by atoms with Crippen LogP contribution in [0.3, 0.4) is 0 Å². The summed E-state index contributed by atoms with van der Waals surface area (Å²) in [5.74, 6) is 1.04. The van der Waals surface area contributed by atoms with Crippen molar-refractivity contribution in [3.63, 3.8) is 0 Å². The van der Waals surface area contributed by atoms with Crippen LogP contribution in [-0.2, 0) is 21.1 Å². The second-order valence-electron chi connectivity index (χ2n) is 7.35. The molecule has 2 aliphatic rings. The fourth-order valence-electron chi connectivity index (χ4n) is 3.49. The first-order valence-electron chi connectivity index (χ1n) is 9.52. The number of thiol groups is 1. The van der Waals surface area contributed by atoms with Gasteiger partial charge in [0.2, 0.25) is 11.8 Å². The second-order valence-corrected chi connectivity index (χ2v) is 9.67. The molecule has 0 spiro atoms. The lowest BCUT2D eigenvalue weighted by Crippen LogP contribution is -2.41. The molecule has 2 atom stereocenters. The molecule has 2 amide bonds. The van der Waals surface area contributed by atoms with E-state index in [1.165, 1.54) is 11.1 Å². The van der Waals surface area contributed by atoms with E-state index in [9.17, 15) is 14.9 Å². The number of fused-ring (bicyclic) bond motifs is 1. The summed E-state index contributed by atoms with van der Waals surface area (Å²) in [6.45, 7) is -0.0538. The number of amides is 2. The van der Waals surface area contributed by atoms with E-state index in [4.69, 9.17) is 0 Å². The molecule has 2 aromatic rings. The molecular weight excluding hydrogens is 370 g/mol. The van der Waals surface area contributed by atoms with Gasteiger partial charge >= 0.3 is 0 Å². The Labute approximate surface area is 167 Å². The van der Waals surface area contributed by atoms with E-state index in [2.05, 4.69) is 47.0 Å². The largest absolute Gasteiger partial charge is 0.352 e. The predicted octanol–water partition coefficient (Wildman–Crippen LogP) is 2.66. The van der Waals surface area contributed by atoms with Crippen LogP contribution < -0.4 is 10.6 Å². The van der Waals surface area contributed by atoms with Crippen molar-refractivity contribution >= 4 is 22.7 Å². The lowest BCUT2D eigenvalue weighted by Gasteiger charge is -2.20. The van der Waals surface area contributed by atoms with E-state index in [0.717, 1.165) is 35.5 Å². The van der Waals surface area contributed by atoms with E-state index >= 15 is 0 Å². The Bertz CT molecular complexity index is 935. The SMILES string of the molecule is N#CC(C(=O)NCC(=O)NC1CC1)[SH]1Cc2ccc(-c3ccccc3)cc2C1. The fraction of sp³-hybridized carbons (Fsp3) is 0.318. The lowest BCUT2D eigenvalue weighted by atomic mass is 10.0. The van der Waals surface area contributed by atoms with Crippen LogP contribution in [0.25, 0.3) is 11.1 Å². The van der Waals surface area contributed by atoms with Crippen LogP contribution in [0.4, 0.5) is 0 Å². The van der Waals surface area contributed by atoms with Crippen molar-refractivity contribution in [1.82, 2.24) is 10.6 Å². The van der Waals surface area contributed by atoms with Gasteiger partial charge in [-0.25, -0.2) is 10.9 Å². The molecule has 0 bridgehead atoms. The summed E-state index contributed by atoms with van der Waals surface area (Å²) in [7, 11) is -0.796. The second kappa shape index (κ2) is 8.07. The molecule has 2 aromatic carbocycles. The van der Waals surface area contributed by atoms with Crippen LogP contribution in [0.5, 0.6) is 0 Å². The summed E-state index contributed by atoms with van der Waals surface area (Å²) in [6.07, 6.45) is 2.02. The van der Waals surface area contributed by atoms with E-state index in [-0.39, 0.29) is 24.4 Å². The van der Waals surface area contributed by atoms with E-state index in [1.807, 2.05) is 18.2 Å². The molecule has 28 heavy (non-hydrogen) atoms. The molecule has 0 saturated heterocycles. The van der Waals surface area contributed by atoms with Gasteiger partial charge in [-0.1, -0.05) is 48.5 Å². The third-order valence-corrected chi connectivity index (χ3v) is 7.74. The zero-order chi connectivity index (χ0) is 19.5. The summed E-state index contributed by atoms with van der Waals surface area (Å²) in [6, 6.07) is 19.1. The third kappa shape index (κ3) is 4.20. The topological polar surface area (TPSA) is 82.0 Å². The summed E-state index contributed by atoms with van der Waals surface area (Å²) in [5, 5.41) is 14.4.